The molecule has 1 aromatic carbocycles. The van der Waals surface area contributed by atoms with Gasteiger partial charge < -0.3 is 16.0 Å². The molecule has 0 aliphatic rings. The molecule has 3 N–H and O–H groups in total. The number of nitrogens with two attached hydrogens (primary N) is 1. The second-order valence-corrected chi connectivity index (χ2v) is 4.26. The Balaban J connectivity index is 2.35. The van der Waals surface area contributed by atoms with Gasteiger partial charge in [0.05, 0.1) is 6.42 Å². The summed E-state index contributed by atoms with van der Waals surface area (Å²) in [5, 5.41) is 2.70. The minimum Gasteiger partial charge on any atom is -0.398 e. The summed E-state index contributed by atoms with van der Waals surface area (Å²) in [6.07, 6.45) is 0.547. The number of benzene rings is 1. The fourth-order valence-electron chi connectivity index (χ4n) is 1.46. The van der Waals surface area contributed by atoms with Crippen LogP contribution < -0.4 is 11.1 Å². The van der Waals surface area contributed by atoms with Crippen molar-refractivity contribution in [2.24, 2.45) is 0 Å². The lowest BCUT2D eigenvalue weighted by Gasteiger charge is -2.10. The molecule has 0 heterocycles. The van der Waals surface area contributed by atoms with Crippen molar-refractivity contribution >= 4 is 17.5 Å². The Morgan fingerprint density at radius 1 is 1.28 bits per heavy atom. The van der Waals surface area contributed by atoms with E-state index in [1.165, 1.54) is 4.90 Å². The van der Waals surface area contributed by atoms with E-state index >= 15 is 0 Å². The fraction of sp³-hybridized carbons (Fsp3) is 0.385. The number of carbonyl (C=O) groups excluding carboxylic acids is 2. The highest BCUT2D eigenvalue weighted by molar-refractivity contribution is 5.81. The van der Waals surface area contributed by atoms with Gasteiger partial charge in [-0.1, -0.05) is 18.2 Å². The van der Waals surface area contributed by atoms with Crippen molar-refractivity contribution in [2.45, 2.75) is 12.8 Å². The molecule has 18 heavy (non-hydrogen) atoms. The fourth-order valence-corrected chi connectivity index (χ4v) is 1.46. The number of nitrogens with one attached hydrogen (secondary N) is 1. The molecule has 0 spiro atoms. The topological polar surface area (TPSA) is 75.4 Å². The Hall–Kier alpha value is -2.04. The Kier molecular flexibility index (Phi) is 5.17. The van der Waals surface area contributed by atoms with Gasteiger partial charge in [0.25, 0.3) is 0 Å². The second-order valence-electron chi connectivity index (χ2n) is 4.26. The summed E-state index contributed by atoms with van der Waals surface area (Å²) in [5.74, 6) is -0.131. The molecule has 0 saturated carbocycles. The summed E-state index contributed by atoms with van der Waals surface area (Å²) in [6.45, 7) is 0.350. The number of nitrogens with zero attached hydrogens (tertiary/aromatic N) is 1. The maximum atomic E-state index is 11.6. The second kappa shape index (κ2) is 6.64. The van der Waals surface area contributed by atoms with Crippen LogP contribution in [0.15, 0.2) is 24.3 Å². The van der Waals surface area contributed by atoms with E-state index in [1.54, 1.807) is 20.2 Å². The van der Waals surface area contributed by atoms with Gasteiger partial charge in [-0.05, 0) is 11.6 Å². The summed E-state index contributed by atoms with van der Waals surface area (Å²) in [4.78, 5) is 24.4. The highest BCUT2D eigenvalue weighted by atomic mass is 16.2. The normalized spacial score (nSPS) is 9.89. The quantitative estimate of drug-likeness (QED) is 0.742. The van der Waals surface area contributed by atoms with Crippen LogP contribution >= 0.6 is 0 Å². The number of amides is 2. The third-order valence-corrected chi connectivity index (χ3v) is 2.57. The average Bonchev–Trinajstić information content (AvgIpc) is 2.32. The zero-order valence-corrected chi connectivity index (χ0v) is 10.8. The first-order chi connectivity index (χ1) is 8.50. The molecule has 1 aromatic rings. The lowest BCUT2D eigenvalue weighted by molar-refractivity contribution is -0.128. The van der Waals surface area contributed by atoms with E-state index in [0.717, 1.165) is 5.56 Å². The number of hydrogen-bond acceptors (Lipinski definition) is 3. The van der Waals surface area contributed by atoms with Crippen LogP contribution in [0.25, 0.3) is 0 Å². The molecule has 98 valence electrons. The molecular weight excluding hydrogens is 230 g/mol. The number of anilines is 1. The Labute approximate surface area is 107 Å². The molecule has 0 aliphatic carbocycles. The Bertz CT molecular complexity index is 430. The number of rotatable bonds is 5. The smallest absolute Gasteiger partial charge is 0.224 e. The molecule has 0 aliphatic heterocycles. The largest absolute Gasteiger partial charge is 0.398 e. The average molecular weight is 249 g/mol. The van der Waals surface area contributed by atoms with Gasteiger partial charge in [-0.2, -0.15) is 0 Å². The molecule has 0 aromatic heterocycles. The molecule has 0 unspecified atom stereocenters. The van der Waals surface area contributed by atoms with Crippen LogP contribution in [0.4, 0.5) is 5.69 Å². The van der Waals surface area contributed by atoms with Gasteiger partial charge in [0, 0.05) is 32.7 Å². The molecule has 0 atom stereocenters. The van der Waals surface area contributed by atoms with Crippen LogP contribution in [-0.4, -0.2) is 37.4 Å². The number of nitrogen functional groups attached to an aromatic ring is 1. The SMILES string of the molecule is CN(C)C(=O)CCNC(=O)Cc1ccccc1N. The van der Waals surface area contributed by atoms with Gasteiger partial charge in [0.1, 0.15) is 0 Å². The summed E-state index contributed by atoms with van der Waals surface area (Å²) < 4.78 is 0. The molecule has 5 heteroatoms. The minimum atomic E-state index is -0.126. The minimum absolute atomic E-state index is 0.00507. The molecule has 1 rings (SSSR count). The summed E-state index contributed by atoms with van der Waals surface area (Å²) in [5.41, 5.74) is 7.15. The maximum Gasteiger partial charge on any atom is 0.224 e. The van der Waals surface area contributed by atoms with Crippen molar-refractivity contribution < 1.29 is 9.59 Å². The number of hydrogen-bond donors (Lipinski definition) is 2. The molecule has 2 amide bonds. The first kappa shape index (κ1) is 14.0. The Morgan fingerprint density at radius 3 is 2.56 bits per heavy atom. The molecule has 0 fully saturated rings. The van der Waals surface area contributed by atoms with Crippen LogP contribution in [0, 0.1) is 0 Å². The zero-order valence-electron chi connectivity index (χ0n) is 10.8. The van der Waals surface area contributed by atoms with Gasteiger partial charge in [0.2, 0.25) is 11.8 Å². The molecule has 5 nitrogen and oxygen atoms in total. The van der Waals surface area contributed by atoms with E-state index in [9.17, 15) is 9.59 Å². The first-order valence-electron chi connectivity index (χ1n) is 5.81. The third kappa shape index (κ3) is 4.45. The van der Waals surface area contributed by atoms with Crippen LogP contribution in [-0.2, 0) is 16.0 Å². The van der Waals surface area contributed by atoms with E-state index in [-0.39, 0.29) is 18.2 Å². The number of carbonyl (C=O) groups is 2. The van der Waals surface area contributed by atoms with Gasteiger partial charge in [0.15, 0.2) is 0 Å². The van der Waals surface area contributed by atoms with Gasteiger partial charge >= 0.3 is 0 Å². The molecular formula is C13H19N3O2. The van der Waals surface area contributed by atoms with Gasteiger partial charge in [-0.15, -0.1) is 0 Å². The number of para-hydroxylation sites is 1. The lowest BCUT2D eigenvalue weighted by Crippen LogP contribution is -2.31. The molecule has 0 radical (unpaired) electrons. The Morgan fingerprint density at radius 2 is 1.94 bits per heavy atom. The lowest BCUT2D eigenvalue weighted by atomic mass is 10.1. The highest BCUT2D eigenvalue weighted by Crippen LogP contribution is 2.10. The van der Waals surface area contributed by atoms with E-state index in [1.807, 2.05) is 18.2 Å². The van der Waals surface area contributed by atoms with Crippen molar-refractivity contribution in [2.75, 3.05) is 26.4 Å². The molecule has 0 saturated heterocycles. The van der Waals surface area contributed by atoms with Crippen LogP contribution in [0.5, 0.6) is 0 Å². The standard InChI is InChI=1S/C13H19N3O2/c1-16(2)13(18)7-8-15-12(17)9-10-5-3-4-6-11(10)14/h3-6H,7-9,14H2,1-2H3,(H,15,17). The summed E-state index contributed by atoms with van der Waals surface area (Å²) in [6, 6.07) is 7.25. The van der Waals surface area contributed by atoms with Crippen LogP contribution in [0.3, 0.4) is 0 Å². The van der Waals surface area contributed by atoms with Gasteiger partial charge in [-0.25, -0.2) is 0 Å². The van der Waals surface area contributed by atoms with E-state index < -0.39 is 0 Å². The van der Waals surface area contributed by atoms with Gasteiger partial charge in [-0.3, -0.25) is 9.59 Å². The third-order valence-electron chi connectivity index (χ3n) is 2.57. The first-order valence-corrected chi connectivity index (χ1v) is 5.81. The van der Waals surface area contributed by atoms with E-state index in [4.69, 9.17) is 5.73 Å². The van der Waals surface area contributed by atoms with Crippen LogP contribution in [0.1, 0.15) is 12.0 Å². The van der Waals surface area contributed by atoms with E-state index in [0.29, 0.717) is 18.7 Å². The maximum absolute atomic E-state index is 11.6. The highest BCUT2D eigenvalue weighted by Gasteiger charge is 2.07. The van der Waals surface area contributed by atoms with Crippen molar-refractivity contribution in [1.82, 2.24) is 10.2 Å². The van der Waals surface area contributed by atoms with E-state index in [2.05, 4.69) is 5.32 Å². The van der Waals surface area contributed by atoms with Crippen LogP contribution in [0.2, 0.25) is 0 Å². The summed E-state index contributed by atoms with van der Waals surface area (Å²) >= 11 is 0. The van der Waals surface area contributed by atoms with Crippen molar-refractivity contribution in [3.8, 4) is 0 Å². The molecule has 0 bridgehead atoms. The van der Waals surface area contributed by atoms with Crippen molar-refractivity contribution in [3.63, 3.8) is 0 Å². The zero-order chi connectivity index (χ0) is 13.5. The predicted octanol–water partition coefficient (Wildman–Crippen LogP) is 0.406. The summed E-state index contributed by atoms with van der Waals surface area (Å²) in [7, 11) is 3.38. The van der Waals surface area contributed by atoms with Crippen molar-refractivity contribution in [3.05, 3.63) is 29.8 Å². The van der Waals surface area contributed by atoms with Crippen molar-refractivity contribution in [1.29, 1.82) is 0 Å². The monoisotopic (exact) mass is 249 g/mol. The predicted molar refractivity (Wildman–Crippen MR) is 70.9 cm³/mol.